The molecule has 2 aromatic carbocycles. The lowest BCUT2D eigenvalue weighted by molar-refractivity contribution is 0.445. The van der Waals surface area contributed by atoms with E-state index >= 15 is 0 Å². The highest BCUT2D eigenvalue weighted by molar-refractivity contribution is 7.89. The first-order valence-corrected chi connectivity index (χ1v) is 10.6. The number of hydrogen-bond acceptors (Lipinski definition) is 5. The molecule has 1 unspecified atom stereocenters. The zero-order valence-electron chi connectivity index (χ0n) is 16.3. The smallest absolute Gasteiger partial charge is 0.243 e. The Morgan fingerprint density at radius 3 is 2.19 bits per heavy atom. The predicted molar refractivity (Wildman–Crippen MR) is 108 cm³/mol. The van der Waals surface area contributed by atoms with Gasteiger partial charge in [0.1, 0.15) is 11.4 Å². The zero-order chi connectivity index (χ0) is 20.0. The molecule has 6 nitrogen and oxygen atoms in total. The minimum absolute atomic E-state index is 0.0616. The van der Waals surface area contributed by atoms with Gasteiger partial charge in [0.25, 0.3) is 0 Å². The first-order chi connectivity index (χ1) is 12.8. The van der Waals surface area contributed by atoms with Crippen molar-refractivity contribution < 1.29 is 13.5 Å². The van der Waals surface area contributed by atoms with Crippen molar-refractivity contribution in [3.05, 3.63) is 48.0 Å². The van der Waals surface area contributed by atoms with Gasteiger partial charge in [-0.3, -0.25) is 0 Å². The van der Waals surface area contributed by atoms with E-state index in [1.54, 1.807) is 18.2 Å². The van der Waals surface area contributed by atoms with Crippen molar-refractivity contribution in [2.24, 2.45) is 10.2 Å². The minimum atomic E-state index is -3.49. The molecule has 2 aromatic rings. The summed E-state index contributed by atoms with van der Waals surface area (Å²) < 4.78 is 26.4. The average molecular weight is 390 g/mol. The summed E-state index contributed by atoms with van der Waals surface area (Å²) in [5.74, 6) is 0.427. The molecule has 0 saturated heterocycles. The summed E-state index contributed by atoms with van der Waals surface area (Å²) in [7, 11) is -3.49. The van der Waals surface area contributed by atoms with Crippen molar-refractivity contribution in [3.63, 3.8) is 0 Å². The Morgan fingerprint density at radius 2 is 1.63 bits per heavy atom. The zero-order valence-corrected chi connectivity index (χ0v) is 17.1. The number of rotatable bonds is 8. The SMILES string of the molecule is CCC(C)c1ccc(O)c(N=Nc2ccc(S(=O)(=O)N(CC)CC)cc2)c1. The molecule has 0 heterocycles. The topological polar surface area (TPSA) is 82.3 Å². The van der Waals surface area contributed by atoms with Crippen LogP contribution in [0.2, 0.25) is 0 Å². The number of sulfonamides is 1. The fourth-order valence-corrected chi connectivity index (χ4v) is 4.13. The fraction of sp³-hybridized carbons (Fsp3) is 0.400. The Labute approximate surface area is 161 Å². The predicted octanol–water partition coefficient (Wildman–Crippen LogP) is 5.35. The molecular weight excluding hydrogens is 362 g/mol. The summed E-state index contributed by atoms with van der Waals surface area (Å²) in [6.07, 6.45) is 0.990. The van der Waals surface area contributed by atoms with E-state index in [1.807, 2.05) is 26.0 Å². The first kappa shape index (κ1) is 21.1. The highest BCUT2D eigenvalue weighted by atomic mass is 32.2. The molecule has 2 rings (SSSR count). The lowest BCUT2D eigenvalue weighted by Crippen LogP contribution is -2.30. The molecule has 0 amide bonds. The van der Waals surface area contributed by atoms with Gasteiger partial charge >= 0.3 is 0 Å². The Balaban J connectivity index is 2.24. The Bertz CT molecular complexity index is 889. The van der Waals surface area contributed by atoms with Crippen LogP contribution in [0, 0.1) is 0 Å². The highest BCUT2D eigenvalue weighted by Crippen LogP contribution is 2.32. The van der Waals surface area contributed by atoms with E-state index in [4.69, 9.17) is 0 Å². The second-order valence-electron chi connectivity index (χ2n) is 6.34. The largest absolute Gasteiger partial charge is 0.506 e. The number of phenolic OH excluding ortho intramolecular Hbond substituents is 1. The number of nitrogens with zero attached hydrogens (tertiary/aromatic N) is 3. The van der Waals surface area contributed by atoms with Crippen LogP contribution in [-0.4, -0.2) is 30.9 Å². The summed E-state index contributed by atoms with van der Waals surface area (Å²) >= 11 is 0. The number of benzene rings is 2. The van der Waals surface area contributed by atoms with E-state index in [0.29, 0.717) is 30.4 Å². The van der Waals surface area contributed by atoms with Gasteiger partial charge in [0.2, 0.25) is 10.0 Å². The van der Waals surface area contributed by atoms with Crippen LogP contribution in [0.5, 0.6) is 5.75 Å². The molecule has 27 heavy (non-hydrogen) atoms. The van der Waals surface area contributed by atoms with Crippen molar-refractivity contribution in [2.75, 3.05) is 13.1 Å². The van der Waals surface area contributed by atoms with E-state index in [-0.39, 0.29) is 10.6 Å². The van der Waals surface area contributed by atoms with Crippen LogP contribution in [0.1, 0.15) is 45.6 Å². The van der Waals surface area contributed by atoms with E-state index in [1.165, 1.54) is 16.4 Å². The van der Waals surface area contributed by atoms with Crippen LogP contribution in [0.4, 0.5) is 11.4 Å². The van der Waals surface area contributed by atoms with Gasteiger partial charge < -0.3 is 5.11 Å². The van der Waals surface area contributed by atoms with Crippen molar-refractivity contribution in [1.29, 1.82) is 0 Å². The van der Waals surface area contributed by atoms with Crippen molar-refractivity contribution in [3.8, 4) is 5.75 Å². The maximum atomic E-state index is 12.5. The quantitative estimate of drug-likeness (QED) is 0.618. The second kappa shape index (κ2) is 9.10. The van der Waals surface area contributed by atoms with Gasteiger partial charge in [-0.05, 0) is 54.3 Å². The van der Waals surface area contributed by atoms with Crippen LogP contribution >= 0.6 is 0 Å². The third kappa shape index (κ3) is 4.93. The minimum Gasteiger partial charge on any atom is -0.506 e. The number of azo groups is 1. The normalized spacial score (nSPS) is 13.4. The van der Waals surface area contributed by atoms with Gasteiger partial charge in [0, 0.05) is 13.1 Å². The summed E-state index contributed by atoms with van der Waals surface area (Å²) in [6, 6.07) is 11.6. The van der Waals surface area contributed by atoms with Crippen LogP contribution in [0.3, 0.4) is 0 Å². The highest BCUT2D eigenvalue weighted by Gasteiger charge is 2.21. The van der Waals surface area contributed by atoms with Crippen LogP contribution in [-0.2, 0) is 10.0 Å². The summed E-state index contributed by atoms with van der Waals surface area (Å²) in [6.45, 7) is 8.68. The molecule has 0 radical (unpaired) electrons. The van der Waals surface area contributed by atoms with Crippen LogP contribution in [0.15, 0.2) is 57.6 Å². The van der Waals surface area contributed by atoms with E-state index in [9.17, 15) is 13.5 Å². The molecule has 0 aromatic heterocycles. The summed E-state index contributed by atoms with van der Waals surface area (Å²) in [5.41, 5.74) is 2.00. The molecular formula is C20H27N3O3S. The Kier molecular flexibility index (Phi) is 7.10. The fourth-order valence-electron chi connectivity index (χ4n) is 2.67. The molecule has 0 aliphatic heterocycles. The van der Waals surface area contributed by atoms with Crippen molar-refractivity contribution >= 4 is 21.4 Å². The lowest BCUT2D eigenvalue weighted by atomic mass is 9.98. The Hall–Kier alpha value is -2.25. The molecule has 7 heteroatoms. The van der Waals surface area contributed by atoms with Crippen molar-refractivity contribution in [2.45, 2.75) is 44.9 Å². The van der Waals surface area contributed by atoms with Crippen LogP contribution in [0.25, 0.3) is 0 Å². The number of phenols is 1. The Morgan fingerprint density at radius 1 is 1.00 bits per heavy atom. The lowest BCUT2D eigenvalue weighted by Gasteiger charge is -2.18. The monoisotopic (exact) mass is 389 g/mol. The third-order valence-corrected chi connectivity index (χ3v) is 6.70. The summed E-state index contributed by atoms with van der Waals surface area (Å²) in [5, 5.41) is 18.3. The van der Waals surface area contributed by atoms with E-state index in [2.05, 4.69) is 24.1 Å². The maximum absolute atomic E-state index is 12.5. The molecule has 0 aliphatic rings. The van der Waals surface area contributed by atoms with Gasteiger partial charge in [-0.15, -0.1) is 5.11 Å². The van der Waals surface area contributed by atoms with Gasteiger partial charge in [0.05, 0.1) is 10.6 Å². The van der Waals surface area contributed by atoms with Gasteiger partial charge in [-0.2, -0.15) is 9.42 Å². The molecule has 146 valence electrons. The molecule has 1 N–H and O–H groups in total. The number of hydrogen-bond donors (Lipinski definition) is 1. The second-order valence-corrected chi connectivity index (χ2v) is 8.28. The first-order valence-electron chi connectivity index (χ1n) is 9.18. The average Bonchev–Trinajstić information content (AvgIpc) is 2.67. The molecule has 1 atom stereocenters. The standard InChI is InChI=1S/C20H27N3O3S/c1-5-15(4)16-8-13-20(24)19(14-16)22-21-17-9-11-18(12-10-17)27(25,26)23(6-2)7-3/h8-15,24H,5-7H2,1-4H3. The van der Waals surface area contributed by atoms with Gasteiger partial charge in [-0.1, -0.05) is 33.8 Å². The molecule has 0 saturated carbocycles. The molecule has 0 aliphatic carbocycles. The third-order valence-electron chi connectivity index (χ3n) is 4.63. The maximum Gasteiger partial charge on any atom is 0.243 e. The number of aromatic hydroxyl groups is 1. The molecule has 0 fully saturated rings. The van der Waals surface area contributed by atoms with Gasteiger partial charge in [0.15, 0.2) is 0 Å². The van der Waals surface area contributed by atoms with E-state index < -0.39 is 10.0 Å². The molecule has 0 bridgehead atoms. The molecule has 0 spiro atoms. The van der Waals surface area contributed by atoms with Crippen molar-refractivity contribution in [1.82, 2.24) is 4.31 Å². The van der Waals surface area contributed by atoms with Crippen LogP contribution < -0.4 is 0 Å². The van der Waals surface area contributed by atoms with Gasteiger partial charge in [-0.25, -0.2) is 8.42 Å². The summed E-state index contributed by atoms with van der Waals surface area (Å²) in [4.78, 5) is 0.228. The van der Waals surface area contributed by atoms with E-state index in [0.717, 1.165) is 12.0 Å².